The van der Waals surface area contributed by atoms with Gasteiger partial charge in [0.25, 0.3) is 0 Å². The third-order valence-corrected chi connectivity index (χ3v) is 4.44. The van der Waals surface area contributed by atoms with Crippen molar-refractivity contribution in [1.29, 1.82) is 0 Å². The summed E-state index contributed by atoms with van der Waals surface area (Å²) in [4.78, 5) is 0. The third-order valence-electron chi connectivity index (χ3n) is 2.68. The number of methoxy groups -OCH3 is 1. The normalized spacial score (nSPS) is 19.9. The number of hydrogen-bond acceptors (Lipinski definition) is 4. The molecule has 0 aromatic carbocycles. The molecule has 2 atom stereocenters. The zero-order valence-electron chi connectivity index (χ0n) is 9.68. The van der Waals surface area contributed by atoms with Crippen LogP contribution in [0, 0.1) is 5.92 Å². The van der Waals surface area contributed by atoms with Crippen LogP contribution >= 0.6 is 12.4 Å². The van der Waals surface area contributed by atoms with Gasteiger partial charge in [0.05, 0.1) is 11.9 Å². The number of ether oxygens (including phenoxy) is 1. The second-order valence-electron chi connectivity index (χ2n) is 4.16. The van der Waals surface area contributed by atoms with Gasteiger partial charge in [0.1, 0.15) is 0 Å². The lowest BCUT2D eigenvalue weighted by atomic mass is 10.2. The summed E-state index contributed by atoms with van der Waals surface area (Å²) in [6, 6.07) is -0.0467. The minimum absolute atomic E-state index is 0. The summed E-state index contributed by atoms with van der Waals surface area (Å²) in [5.41, 5.74) is 5.80. The van der Waals surface area contributed by atoms with Crippen molar-refractivity contribution in [1.82, 2.24) is 4.72 Å². The average molecular weight is 273 g/mol. The first kappa shape index (κ1) is 16.1. The van der Waals surface area contributed by atoms with Crippen molar-refractivity contribution in [2.45, 2.75) is 31.1 Å². The summed E-state index contributed by atoms with van der Waals surface area (Å²) in [6.07, 6.45) is 2.24. The lowest BCUT2D eigenvalue weighted by molar-refractivity contribution is 0.200. The van der Waals surface area contributed by atoms with E-state index in [0.717, 1.165) is 12.8 Å². The van der Waals surface area contributed by atoms with Gasteiger partial charge in [0.2, 0.25) is 10.0 Å². The second kappa shape index (κ2) is 6.76. The monoisotopic (exact) mass is 272 g/mol. The maximum Gasteiger partial charge on any atom is 0.216 e. The van der Waals surface area contributed by atoms with E-state index in [2.05, 4.69) is 4.72 Å². The van der Waals surface area contributed by atoms with E-state index in [4.69, 9.17) is 10.5 Å². The molecule has 1 fully saturated rings. The molecule has 0 aromatic heterocycles. The van der Waals surface area contributed by atoms with E-state index in [1.165, 1.54) is 7.11 Å². The molecule has 16 heavy (non-hydrogen) atoms. The Labute approximate surface area is 104 Å². The van der Waals surface area contributed by atoms with Gasteiger partial charge in [0, 0.05) is 19.7 Å². The maximum atomic E-state index is 11.6. The van der Waals surface area contributed by atoms with Crippen LogP contribution in [0.3, 0.4) is 0 Å². The van der Waals surface area contributed by atoms with Crippen molar-refractivity contribution < 1.29 is 13.2 Å². The second-order valence-corrected chi connectivity index (χ2v) is 6.34. The highest BCUT2D eigenvalue weighted by Gasteiger charge is 2.30. The molecule has 5 nitrogen and oxygen atoms in total. The van der Waals surface area contributed by atoms with Gasteiger partial charge >= 0.3 is 0 Å². The highest BCUT2D eigenvalue weighted by molar-refractivity contribution is 7.90. The quantitative estimate of drug-likeness (QED) is 0.689. The maximum absolute atomic E-state index is 11.6. The molecule has 0 bridgehead atoms. The van der Waals surface area contributed by atoms with Crippen LogP contribution in [0.25, 0.3) is 0 Å². The SMILES string of the molecule is COCC(C)S(=O)(=O)NCC(N)C1CC1.Cl. The summed E-state index contributed by atoms with van der Waals surface area (Å²) in [7, 11) is -1.79. The standard InChI is InChI=1S/C9H20N2O3S.ClH/c1-7(6-14-2)15(12,13)11-5-9(10)8-3-4-8;/h7-9,11H,3-6,10H2,1-2H3;1H. The summed E-state index contributed by atoms with van der Waals surface area (Å²) < 4.78 is 30.6. The van der Waals surface area contributed by atoms with Crippen LogP contribution in [-0.4, -0.2) is 40.0 Å². The predicted molar refractivity (Wildman–Crippen MR) is 66.2 cm³/mol. The molecule has 2 unspecified atom stereocenters. The molecule has 98 valence electrons. The molecular formula is C9H21ClN2O3S. The number of rotatable bonds is 7. The predicted octanol–water partition coefficient (Wildman–Crippen LogP) is 0.0998. The molecule has 1 aliphatic carbocycles. The zero-order chi connectivity index (χ0) is 11.5. The number of nitrogens with one attached hydrogen (secondary N) is 1. The van der Waals surface area contributed by atoms with Gasteiger partial charge in [-0.25, -0.2) is 13.1 Å². The zero-order valence-corrected chi connectivity index (χ0v) is 11.3. The molecule has 1 saturated carbocycles. The van der Waals surface area contributed by atoms with E-state index in [0.29, 0.717) is 12.5 Å². The van der Waals surface area contributed by atoms with Gasteiger partial charge in [-0.2, -0.15) is 0 Å². The minimum atomic E-state index is -3.28. The Hall–Kier alpha value is 0.120. The van der Waals surface area contributed by atoms with Crippen LogP contribution in [0.15, 0.2) is 0 Å². The molecule has 0 radical (unpaired) electrons. The first-order valence-electron chi connectivity index (χ1n) is 5.20. The third kappa shape index (κ3) is 4.97. The minimum Gasteiger partial charge on any atom is -0.383 e. The fraction of sp³-hybridized carbons (Fsp3) is 1.00. The van der Waals surface area contributed by atoms with Gasteiger partial charge in [-0.05, 0) is 25.7 Å². The Balaban J connectivity index is 0.00000225. The Morgan fingerprint density at radius 3 is 2.50 bits per heavy atom. The molecule has 0 saturated heterocycles. The molecule has 0 heterocycles. The summed E-state index contributed by atoms with van der Waals surface area (Å²) in [5, 5.41) is -0.533. The largest absolute Gasteiger partial charge is 0.383 e. The van der Waals surface area contributed by atoms with E-state index in [-0.39, 0.29) is 25.1 Å². The molecule has 0 spiro atoms. The number of hydrogen-bond donors (Lipinski definition) is 2. The van der Waals surface area contributed by atoms with Crippen LogP contribution in [0.2, 0.25) is 0 Å². The van der Waals surface area contributed by atoms with Gasteiger partial charge in [0.15, 0.2) is 0 Å². The van der Waals surface area contributed by atoms with Crippen molar-refractivity contribution in [3.63, 3.8) is 0 Å². The molecule has 0 aromatic rings. The number of nitrogens with two attached hydrogens (primary N) is 1. The number of halogens is 1. The van der Waals surface area contributed by atoms with Crippen molar-refractivity contribution >= 4 is 22.4 Å². The van der Waals surface area contributed by atoms with E-state index in [9.17, 15) is 8.42 Å². The van der Waals surface area contributed by atoms with E-state index in [1.54, 1.807) is 6.92 Å². The Morgan fingerprint density at radius 1 is 1.50 bits per heavy atom. The molecule has 0 amide bonds. The molecule has 1 aliphatic rings. The first-order chi connectivity index (χ1) is 6.97. The molecule has 1 rings (SSSR count). The summed E-state index contributed by atoms with van der Waals surface area (Å²) in [5.74, 6) is 0.505. The molecule has 0 aliphatic heterocycles. The molecular weight excluding hydrogens is 252 g/mol. The smallest absolute Gasteiger partial charge is 0.216 e. The van der Waals surface area contributed by atoms with E-state index < -0.39 is 15.3 Å². The number of sulfonamides is 1. The van der Waals surface area contributed by atoms with Crippen molar-refractivity contribution in [2.24, 2.45) is 11.7 Å². The summed E-state index contributed by atoms with van der Waals surface area (Å²) >= 11 is 0. The lowest BCUT2D eigenvalue weighted by Gasteiger charge is -2.15. The van der Waals surface area contributed by atoms with Crippen LogP contribution < -0.4 is 10.5 Å². The van der Waals surface area contributed by atoms with Crippen molar-refractivity contribution in [3.8, 4) is 0 Å². The summed E-state index contributed by atoms with van der Waals surface area (Å²) in [6.45, 7) is 2.16. The van der Waals surface area contributed by atoms with Crippen molar-refractivity contribution in [3.05, 3.63) is 0 Å². The van der Waals surface area contributed by atoms with Crippen LogP contribution in [0.5, 0.6) is 0 Å². The Morgan fingerprint density at radius 2 is 2.06 bits per heavy atom. The fourth-order valence-electron chi connectivity index (χ4n) is 1.37. The highest BCUT2D eigenvalue weighted by atomic mass is 35.5. The Kier molecular flexibility index (Phi) is 6.81. The van der Waals surface area contributed by atoms with Crippen LogP contribution in [-0.2, 0) is 14.8 Å². The van der Waals surface area contributed by atoms with Gasteiger partial charge in [-0.1, -0.05) is 0 Å². The van der Waals surface area contributed by atoms with Crippen LogP contribution in [0.1, 0.15) is 19.8 Å². The van der Waals surface area contributed by atoms with E-state index in [1.807, 2.05) is 0 Å². The van der Waals surface area contributed by atoms with E-state index >= 15 is 0 Å². The van der Waals surface area contributed by atoms with Gasteiger partial charge < -0.3 is 10.5 Å². The Bertz CT molecular complexity index is 293. The highest BCUT2D eigenvalue weighted by Crippen LogP contribution is 2.31. The topological polar surface area (TPSA) is 81.4 Å². The van der Waals surface area contributed by atoms with Gasteiger partial charge in [-0.3, -0.25) is 0 Å². The van der Waals surface area contributed by atoms with Crippen molar-refractivity contribution in [2.75, 3.05) is 20.3 Å². The molecule has 3 N–H and O–H groups in total. The average Bonchev–Trinajstić information content (AvgIpc) is 2.98. The first-order valence-corrected chi connectivity index (χ1v) is 6.75. The molecule has 7 heteroatoms. The lowest BCUT2D eigenvalue weighted by Crippen LogP contribution is -2.42. The van der Waals surface area contributed by atoms with Crippen LogP contribution in [0.4, 0.5) is 0 Å². The van der Waals surface area contributed by atoms with Gasteiger partial charge in [-0.15, -0.1) is 12.4 Å². The fourth-order valence-corrected chi connectivity index (χ4v) is 2.39.